The predicted molar refractivity (Wildman–Crippen MR) is 63.2 cm³/mol. The molecule has 0 unspecified atom stereocenters. The van der Waals surface area contributed by atoms with Gasteiger partial charge in [0.25, 0.3) is 0 Å². The second-order valence-corrected chi connectivity index (χ2v) is 6.05. The molecule has 0 aromatic rings. The molecule has 0 heterocycles. The Morgan fingerprint density at radius 2 is 1.64 bits per heavy atom. The number of hydrogen-bond donors (Lipinski definition) is 1. The SMILES string of the molecule is CC[C@H](N)C1CCC(C(C)(C)C)CC1. The third-order valence-corrected chi connectivity index (χ3v) is 4.07. The van der Waals surface area contributed by atoms with Gasteiger partial charge in [0.1, 0.15) is 0 Å². The molecule has 1 heteroatoms. The molecule has 0 amide bonds. The minimum absolute atomic E-state index is 0.455. The Kier molecular flexibility index (Phi) is 4.00. The average molecular weight is 197 g/mol. The minimum Gasteiger partial charge on any atom is -0.327 e. The Labute approximate surface area is 89.5 Å². The van der Waals surface area contributed by atoms with Crippen LogP contribution in [0.15, 0.2) is 0 Å². The fourth-order valence-corrected chi connectivity index (χ4v) is 2.75. The second-order valence-electron chi connectivity index (χ2n) is 6.05. The van der Waals surface area contributed by atoms with E-state index in [9.17, 15) is 0 Å². The van der Waals surface area contributed by atoms with E-state index in [2.05, 4.69) is 27.7 Å². The molecule has 0 radical (unpaired) electrons. The van der Waals surface area contributed by atoms with E-state index >= 15 is 0 Å². The zero-order chi connectivity index (χ0) is 10.8. The monoisotopic (exact) mass is 197 g/mol. The van der Waals surface area contributed by atoms with Gasteiger partial charge in [0.15, 0.2) is 0 Å². The van der Waals surface area contributed by atoms with Crippen LogP contribution in [0.4, 0.5) is 0 Å². The van der Waals surface area contributed by atoms with Gasteiger partial charge in [-0.25, -0.2) is 0 Å². The molecule has 1 aliphatic carbocycles. The van der Waals surface area contributed by atoms with Crippen LogP contribution in [0.5, 0.6) is 0 Å². The Balaban J connectivity index is 2.39. The highest BCUT2D eigenvalue weighted by molar-refractivity contribution is 4.83. The van der Waals surface area contributed by atoms with E-state index in [-0.39, 0.29) is 0 Å². The summed E-state index contributed by atoms with van der Waals surface area (Å²) < 4.78 is 0. The van der Waals surface area contributed by atoms with Crippen molar-refractivity contribution in [3.8, 4) is 0 Å². The molecular weight excluding hydrogens is 170 g/mol. The lowest BCUT2D eigenvalue weighted by atomic mass is 9.68. The standard InChI is InChI=1S/C13H27N/c1-5-12(14)10-6-8-11(9-7-10)13(2,3)4/h10-12H,5-9,14H2,1-4H3/t10?,11?,12-/m0/s1. The van der Waals surface area contributed by atoms with Crippen molar-refractivity contribution in [1.82, 2.24) is 0 Å². The largest absolute Gasteiger partial charge is 0.327 e. The van der Waals surface area contributed by atoms with Crippen LogP contribution in [0.25, 0.3) is 0 Å². The minimum atomic E-state index is 0.455. The molecule has 1 aliphatic rings. The first kappa shape index (κ1) is 12.0. The molecule has 0 aliphatic heterocycles. The molecule has 2 N–H and O–H groups in total. The van der Waals surface area contributed by atoms with Gasteiger partial charge < -0.3 is 5.73 Å². The van der Waals surface area contributed by atoms with Gasteiger partial charge in [0.2, 0.25) is 0 Å². The second kappa shape index (κ2) is 4.65. The molecule has 0 spiro atoms. The summed E-state index contributed by atoms with van der Waals surface area (Å²) in [7, 11) is 0. The van der Waals surface area contributed by atoms with Crippen molar-refractivity contribution in [3.63, 3.8) is 0 Å². The summed E-state index contributed by atoms with van der Waals surface area (Å²) in [6.45, 7) is 9.33. The molecule has 1 rings (SSSR count). The van der Waals surface area contributed by atoms with Crippen molar-refractivity contribution in [1.29, 1.82) is 0 Å². The molecule has 84 valence electrons. The Morgan fingerprint density at radius 1 is 1.14 bits per heavy atom. The quantitative estimate of drug-likeness (QED) is 0.719. The summed E-state index contributed by atoms with van der Waals surface area (Å²) >= 11 is 0. The van der Waals surface area contributed by atoms with Crippen LogP contribution in [-0.4, -0.2) is 6.04 Å². The van der Waals surface area contributed by atoms with Crippen molar-refractivity contribution in [2.45, 2.75) is 65.8 Å². The van der Waals surface area contributed by atoms with E-state index in [0.717, 1.165) is 18.3 Å². The van der Waals surface area contributed by atoms with E-state index < -0.39 is 0 Å². The molecule has 0 saturated heterocycles. The van der Waals surface area contributed by atoms with Gasteiger partial charge in [-0.05, 0) is 49.4 Å². The Morgan fingerprint density at radius 3 is 2.00 bits per heavy atom. The summed E-state index contributed by atoms with van der Waals surface area (Å²) in [5.74, 6) is 1.72. The zero-order valence-electron chi connectivity index (χ0n) is 10.3. The molecule has 0 aromatic carbocycles. The molecule has 1 nitrogen and oxygen atoms in total. The highest BCUT2D eigenvalue weighted by Crippen LogP contribution is 2.40. The van der Waals surface area contributed by atoms with Gasteiger partial charge >= 0.3 is 0 Å². The van der Waals surface area contributed by atoms with E-state index in [0.29, 0.717) is 11.5 Å². The van der Waals surface area contributed by atoms with E-state index in [1.54, 1.807) is 0 Å². The smallest absolute Gasteiger partial charge is 0.00645 e. The van der Waals surface area contributed by atoms with Crippen molar-refractivity contribution in [2.24, 2.45) is 23.0 Å². The molecule has 1 atom stereocenters. The highest BCUT2D eigenvalue weighted by atomic mass is 14.6. The summed E-state index contributed by atoms with van der Waals surface area (Å²) in [5.41, 5.74) is 6.60. The van der Waals surface area contributed by atoms with Crippen LogP contribution >= 0.6 is 0 Å². The van der Waals surface area contributed by atoms with Crippen LogP contribution in [0.3, 0.4) is 0 Å². The lowest BCUT2D eigenvalue weighted by Gasteiger charge is -2.38. The van der Waals surface area contributed by atoms with Crippen molar-refractivity contribution in [2.75, 3.05) is 0 Å². The van der Waals surface area contributed by atoms with Gasteiger partial charge in [-0.2, -0.15) is 0 Å². The topological polar surface area (TPSA) is 26.0 Å². The lowest BCUT2D eigenvalue weighted by molar-refractivity contribution is 0.139. The number of nitrogens with two attached hydrogens (primary N) is 1. The molecule has 0 bridgehead atoms. The molecule has 1 saturated carbocycles. The Hall–Kier alpha value is -0.0400. The normalized spacial score (nSPS) is 31.5. The number of hydrogen-bond acceptors (Lipinski definition) is 1. The number of rotatable bonds is 2. The molecule has 0 aromatic heterocycles. The highest BCUT2D eigenvalue weighted by Gasteiger charge is 2.31. The molecular formula is C13H27N. The van der Waals surface area contributed by atoms with Gasteiger partial charge in [0, 0.05) is 6.04 Å². The van der Waals surface area contributed by atoms with Crippen LogP contribution < -0.4 is 5.73 Å². The van der Waals surface area contributed by atoms with Gasteiger partial charge in [-0.3, -0.25) is 0 Å². The maximum Gasteiger partial charge on any atom is 0.00645 e. The van der Waals surface area contributed by atoms with E-state index in [1.165, 1.54) is 25.7 Å². The molecule has 1 fully saturated rings. The van der Waals surface area contributed by atoms with Crippen molar-refractivity contribution in [3.05, 3.63) is 0 Å². The van der Waals surface area contributed by atoms with Crippen molar-refractivity contribution >= 4 is 0 Å². The maximum atomic E-state index is 6.10. The average Bonchev–Trinajstić information content (AvgIpc) is 2.15. The molecule has 14 heavy (non-hydrogen) atoms. The summed E-state index contributed by atoms with van der Waals surface area (Å²) in [4.78, 5) is 0. The zero-order valence-corrected chi connectivity index (χ0v) is 10.3. The first-order chi connectivity index (χ1) is 6.45. The Bertz CT molecular complexity index is 161. The van der Waals surface area contributed by atoms with E-state index in [4.69, 9.17) is 5.73 Å². The van der Waals surface area contributed by atoms with E-state index in [1.807, 2.05) is 0 Å². The fraction of sp³-hybridized carbons (Fsp3) is 1.00. The van der Waals surface area contributed by atoms with Crippen LogP contribution in [-0.2, 0) is 0 Å². The van der Waals surface area contributed by atoms with Crippen LogP contribution in [0.2, 0.25) is 0 Å². The summed E-state index contributed by atoms with van der Waals surface area (Å²) in [5, 5.41) is 0. The first-order valence-electron chi connectivity index (χ1n) is 6.20. The third kappa shape index (κ3) is 2.98. The predicted octanol–water partition coefficient (Wildman–Crippen LogP) is 3.58. The summed E-state index contributed by atoms with van der Waals surface area (Å²) in [6, 6.07) is 0.455. The van der Waals surface area contributed by atoms with Gasteiger partial charge in [-0.15, -0.1) is 0 Å². The van der Waals surface area contributed by atoms with Crippen LogP contribution in [0.1, 0.15) is 59.8 Å². The third-order valence-electron chi connectivity index (χ3n) is 4.07. The lowest BCUT2D eigenvalue weighted by Crippen LogP contribution is -2.34. The fourth-order valence-electron chi connectivity index (χ4n) is 2.75. The van der Waals surface area contributed by atoms with Crippen molar-refractivity contribution < 1.29 is 0 Å². The summed E-state index contributed by atoms with van der Waals surface area (Å²) in [6.07, 6.45) is 6.64. The van der Waals surface area contributed by atoms with Gasteiger partial charge in [0.05, 0.1) is 0 Å². The van der Waals surface area contributed by atoms with Gasteiger partial charge in [-0.1, -0.05) is 27.7 Å². The maximum absolute atomic E-state index is 6.10. The van der Waals surface area contributed by atoms with Crippen LogP contribution in [0, 0.1) is 17.3 Å². The first-order valence-corrected chi connectivity index (χ1v) is 6.20.